The SMILES string of the molecule is CC(C)C(NC(=O)c1cc2ccccc2s1)c1nc(-c2cccnc2)no1. The van der Waals surface area contributed by atoms with Gasteiger partial charge in [-0.05, 0) is 35.6 Å². The van der Waals surface area contributed by atoms with Crippen molar-refractivity contribution in [3.63, 3.8) is 0 Å². The molecule has 3 heterocycles. The molecule has 0 aliphatic rings. The highest BCUT2D eigenvalue weighted by molar-refractivity contribution is 7.20. The molecule has 1 unspecified atom stereocenters. The molecule has 1 amide bonds. The van der Waals surface area contributed by atoms with Crippen molar-refractivity contribution in [1.82, 2.24) is 20.4 Å². The van der Waals surface area contributed by atoms with E-state index in [4.69, 9.17) is 4.52 Å². The molecule has 0 saturated heterocycles. The van der Waals surface area contributed by atoms with Gasteiger partial charge in [0.2, 0.25) is 11.7 Å². The first-order chi connectivity index (χ1) is 13.1. The van der Waals surface area contributed by atoms with Crippen LogP contribution in [-0.2, 0) is 0 Å². The van der Waals surface area contributed by atoms with E-state index in [9.17, 15) is 4.79 Å². The van der Waals surface area contributed by atoms with Crippen LogP contribution in [0.3, 0.4) is 0 Å². The van der Waals surface area contributed by atoms with Crippen molar-refractivity contribution in [2.45, 2.75) is 19.9 Å². The Morgan fingerprint density at radius 3 is 2.78 bits per heavy atom. The van der Waals surface area contributed by atoms with Crippen LogP contribution < -0.4 is 5.32 Å². The van der Waals surface area contributed by atoms with E-state index in [-0.39, 0.29) is 17.9 Å². The number of amides is 1. The van der Waals surface area contributed by atoms with Crippen molar-refractivity contribution >= 4 is 27.3 Å². The zero-order valence-electron chi connectivity index (χ0n) is 14.9. The average molecular weight is 378 g/mol. The predicted octanol–water partition coefficient (Wildman–Crippen LogP) is 4.47. The number of nitrogens with zero attached hydrogens (tertiary/aromatic N) is 3. The van der Waals surface area contributed by atoms with E-state index < -0.39 is 0 Å². The molecule has 0 aliphatic heterocycles. The largest absolute Gasteiger partial charge is 0.339 e. The second kappa shape index (κ2) is 7.28. The molecular formula is C20H18N4O2S. The number of rotatable bonds is 5. The third kappa shape index (κ3) is 3.59. The zero-order chi connectivity index (χ0) is 18.8. The van der Waals surface area contributed by atoms with Gasteiger partial charge in [0.25, 0.3) is 5.91 Å². The molecule has 4 aromatic rings. The van der Waals surface area contributed by atoms with Crippen LogP contribution in [0.2, 0.25) is 0 Å². The van der Waals surface area contributed by atoms with E-state index in [2.05, 4.69) is 20.4 Å². The van der Waals surface area contributed by atoms with Gasteiger partial charge in [0.05, 0.1) is 4.88 Å². The van der Waals surface area contributed by atoms with Gasteiger partial charge in [0, 0.05) is 22.7 Å². The number of pyridine rings is 1. The highest BCUT2D eigenvalue weighted by atomic mass is 32.1. The normalized spacial score (nSPS) is 12.4. The Morgan fingerprint density at radius 2 is 2.04 bits per heavy atom. The molecule has 6 nitrogen and oxygen atoms in total. The Balaban J connectivity index is 1.58. The van der Waals surface area contributed by atoms with E-state index in [1.807, 2.05) is 56.3 Å². The molecule has 0 aliphatic carbocycles. The third-order valence-corrected chi connectivity index (χ3v) is 5.34. The molecule has 0 spiro atoms. The first-order valence-electron chi connectivity index (χ1n) is 8.65. The summed E-state index contributed by atoms with van der Waals surface area (Å²) in [5.41, 5.74) is 0.769. The summed E-state index contributed by atoms with van der Waals surface area (Å²) in [6.07, 6.45) is 3.36. The van der Waals surface area contributed by atoms with Gasteiger partial charge in [-0.1, -0.05) is 37.2 Å². The Labute approximate surface area is 160 Å². The van der Waals surface area contributed by atoms with Crippen LogP contribution in [0.1, 0.15) is 35.5 Å². The van der Waals surface area contributed by atoms with Crippen LogP contribution in [-0.4, -0.2) is 21.0 Å². The Bertz CT molecular complexity index is 1040. The molecule has 0 bridgehead atoms. The van der Waals surface area contributed by atoms with E-state index >= 15 is 0 Å². The minimum Gasteiger partial charge on any atom is -0.339 e. The van der Waals surface area contributed by atoms with Gasteiger partial charge in [-0.2, -0.15) is 4.98 Å². The van der Waals surface area contributed by atoms with Crippen LogP contribution in [0.15, 0.2) is 59.4 Å². The summed E-state index contributed by atoms with van der Waals surface area (Å²) in [6.45, 7) is 4.01. The standard InChI is InChI=1S/C20H18N4O2S/c1-12(2)17(20-23-18(24-26-20)14-7-5-9-21-11-14)22-19(25)16-10-13-6-3-4-8-15(13)27-16/h3-12,17H,1-2H3,(H,22,25). The number of benzene rings is 1. The maximum atomic E-state index is 12.8. The minimum atomic E-state index is -0.374. The number of nitrogens with one attached hydrogen (secondary N) is 1. The fourth-order valence-electron chi connectivity index (χ4n) is 2.79. The van der Waals surface area contributed by atoms with Gasteiger partial charge >= 0.3 is 0 Å². The number of hydrogen-bond donors (Lipinski definition) is 1. The lowest BCUT2D eigenvalue weighted by atomic mass is 10.0. The molecule has 136 valence electrons. The van der Waals surface area contributed by atoms with Gasteiger partial charge in [-0.25, -0.2) is 0 Å². The molecule has 27 heavy (non-hydrogen) atoms. The van der Waals surface area contributed by atoms with Crippen molar-refractivity contribution in [3.05, 3.63) is 65.6 Å². The van der Waals surface area contributed by atoms with Crippen LogP contribution in [0.4, 0.5) is 0 Å². The van der Waals surface area contributed by atoms with Gasteiger partial charge < -0.3 is 9.84 Å². The Hall–Kier alpha value is -3.06. The maximum Gasteiger partial charge on any atom is 0.262 e. The van der Waals surface area contributed by atoms with Crippen LogP contribution in [0.5, 0.6) is 0 Å². The number of carbonyl (C=O) groups is 1. The summed E-state index contributed by atoms with van der Waals surface area (Å²) >= 11 is 1.47. The zero-order valence-corrected chi connectivity index (χ0v) is 15.7. The molecule has 0 radical (unpaired) electrons. The van der Waals surface area contributed by atoms with Crippen molar-refractivity contribution in [2.75, 3.05) is 0 Å². The van der Waals surface area contributed by atoms with Crippen LogP contribution in [0.25, 0.3) is 21.5 Å². The summed E-state index contributed by atoms with van der Waals surface area (Å²) < 4.78 is 6.52. The number of hydrogen-bond acceptors (Lipinski definition) is 6. The number of fused-ring (bicyclic) bond motifs is 1. The minimum absolute atomic E-state index is 0.0885. The van der Waals surface area contributed by atoms with E-state index in [1.165, 1.54) is 11.3 Å². The first-order valence-corrected chi connectivity index (χ1v) is 9.47. The molecule has 1 atom stereocenters. The van der Waals surface area contributed by atoms with E-state index in [1.54, 1.807) is 12.4 Å². The summed E-state index contributed by atoms with van der Waals surface area (Å²) in [6, 6.07) is 13.1. The molecule has 1 N–H and O–H groups in total. The maximum absolute atomic E-state index is 12.8. The molecule has 1 aromatic carbocycles. The predicted molar refractivity (Wildman–Crippen MR) is 104 cm³/mol. The van der Waals surface area contributed by atoms with Crippen molar-refractivity contribution in [1.29, 1.82) is 0 Å². The van der Waals surface area contributed by atoms with E-state index in [0.717, 1.165) is 15.6 Å². The molecule has 0 fully saturated rings. The summed E-state index contributed by atoms with van der Waals surface area (Å²) in [4.78, 5) is 22.0. The lowest BCUT2D eigenvalue weighted by molar-refractivity contribution is 0.0918. The Morgan fingerprint density at radius 1 is 1.19 bits per heavy atom. The van der Waals surface area contributed by atoms with E-state index in [0.29, 0.717) is 16.6 Å². The van der Waals surface area contributed by atoms with Crippen LogP contribution in [0, 0.1) is 5.92 Å². The van der Waals surface area contributed by atoms with Gasteiger partial charge in [0.15, 0.2) is 0 Å². The fourth-order valence-corrected chi connectivity index (χ4v) is 3.76. The highest BCUT2D eigenvalue weighted by Crippen LogP contribution is 2.27. The molecule has 7 heteroatoms. The fraction of sp³-hybridized carbons (Fsp3) is 0.200. The van der Waals surface area contributed by atoms with Crippen molar-refractivity contribution in [2.24, 2.45) is 5.92 Å². The first kappa shape index (κ1) is 17.4. The third-order valence-electron chi connectivity index (χ3n) is 4.23. The summed E-state index contributed by atoms with van der Waals surface area (Å²) in [7, 11) is 0. The summed E-state index contributed by atoms with van der Waals surface area (Å²) in [5.74, 6) is 0.791. The highest BCUT2D eigenvalue weighted by Gasteiger charge is 2.26. The van der Waals surface area contributed by atoms with Gasteiger partial charge in [0.1, 0.15) is 6.04 Å². The lowest BCUT2D eigenvalue weighted by Crippen LogP contribution is -2.31. The Kier molecular flexibility index (Phi) is 4.68. The monoisotopic (exact) mass is 378 g/mol. The topological polar surface area (TPSA) is 80.9 Å². The quantitative estimate of drug-likeness (QED) is 0.554. The van der Waals surface area contributed by atoms with Crippen molar-refractivity contribution in [3.8, 4) is 11.4 Å². The average Bonchev–Trinajstić information content (AvgIpc) is 3.33. The lowest BCUT2D eigenvalue weighted by Gasteiger charge is -2.17. The summed E-state index contributed by atoms with van der Waals surface area (Å²) in [5, 5.41) is 8.12. The number of thiophene rings is 1. The number of carbonyl (C=O) groups excluding carboxylic acids is 1. The molecule has 3 aromatic heterocycles. The molecule has 4 rings (SSSR count). The second-order valence-electron chi connectivity index (χ2n) is 6.54. The molecule has 0 saturated carbocycles. The second-order valence-corrected chi connectivity index (χ2v) is 7.63. The van der Waals surface area contributed by atoms with Gasteiger partial charge in [-0.15, -0.1) is 11.3 Å². The van der Waals surface area contributed by atoms with Crippen molar-refractivity contribution < 1.29 is 9.32 Å². The molecular weight excluding hydrogens is 360 g/mol. The smallest absolute Gasteiger partial charge is 0.262 e. The van der Waals surface area contributed by atoms with Crippen LogP contribution >= 0.6 is 11.3 Å². The number of aromatic nitrogens is 3. The van der Waals surface area contributed by atoms with Gasteiger partial charge in [-0.3, -0.25) is 9.78 Å².